The molecule has 2 rings (SSSR count). The Bertz CT molecular complexity index is 505. The molecule has 0 aliphatic rings. The molecule has 0 bridgehead atoms. The molecule has 0 radical (unpaired) electrons. The van der Waals surface area contributed by atoms with E-state index in [9.17, 15) is 0 Å². The van der Waals surface area contributed by atoms with Crippen molar-refractivity contribution in [3.63, 3.8) is 0 Å². The van der Waals surface area contributed by atoms with E-state index in [2.05, 4.69) is 94.0 Å². The van der Waals surface area contributed by atoms with Gasteiger partial charge in [-0.15, -0.1) is 0 Å². The zero-order chi connectivity index (χ0) is 16.4. The Morgan fingerprint density at radius 1 is 0.783 bits per heavy atom. The van der Waals surface area contributed by atoms with E-state index >= 15 is 0 Å². The molecular weight excluding hydrogens is 500 g/mol. The molecular formula is C20H28INSn. The number of hydrogen-bond donors (Lipinski definition) is 1. The summed E-state index contributed by atoms with van der Waals surface area (Å²) in [5, 5.41) is 0. The van der Waals surface area contributed by atoms with Gasteiger partial charge in [0.2, 0.25) is 0 Å². The molecule has 0 fully saturated rings. The molecule has 0 atom stereocenters. The summed E-state index contributed by atoms with van der Waals surface area (Å²) in [5.41, 5.74) is 0. The molecule has 2 aromatic rings. The van der Waals surface area contributed by atoms with E-state index in [1.54, 1.807) is 7.16 Å². The molecule has 0 aliphatic carbocycles. The molecule has 1 nitrogen and oxygen atoms in total. The van der Waals surface area contributed by atoms with Gasteiger partial charge in [-0.1, -0.05) is 0 Å². The van der Waals surface area contributed by atoms with Gasteiger partial charge in [0, 0.05) is 0 Å². The third-order valence-electron chi connectivity index (χ3n) is 4.73. The Labute approximate surface area is 159 Å². The van der Waals surface area contributed by atoms with Crippen LogP contribution in [0, 0.1) is 0 Å². The molecule has 0 saturated carbocycles. The van der Waals surface area contributed by atoms with Gasteiger partial charge in [0.1, 0.15) is 0 Å². The summed E-state index contributed by atoms with van der Waals surface area (Å²) in [7, 11) is 0. The van der Waals surface area contributed by atoms with E-state index in [1.165, 1.54) is 34.6 Å². The summed E-state index contributed by atoms with van der Waals surface area (Å²) in [6.07, 6.45) is 5.30. The minimum absolute atomic E-state index is 1.12. The van der Waals surface area contributed by atoms with Gasteiger partial charge in [0.25, 0.3) is 0 Å². The van der Waals surface area contributed by atoms with E-state index in [4.69, 9.17) is 0 Å². The van der Waals surface area contributed by atoms with E-state index < -0.39 is 18.4 Å². The average molecular weight is 528 g/mol. The maximum atomic E-state index is 3.27. The van der Waals surface area contributed by atoms with Gasteiger partial charge in [-0.3, -0.25) is 0 Å². The Balaban J connectivity index is 2.36. The molecule has 0 amide bonds. The van der Waals surface area contributed by atoms with E-state index in [0.717, 1.165) is 6.54 Å². The topological polar surface area (TPSA) is 12.0 Å². The van der Waals surface area contributed by atoms with Gasteiger partial charge >= 0.3 is 161 Å². The van der Waals surface area contributed by atoms with Crippen molar-refractivity contribution in [2.24, 2.45) is 0 Å². The molecule has 0 aromatic heterocycles. The number of hydrogen-bond acceptors (Lipinski definition) is 1. The van der Waals surface area contributed by atoms with Crippen molar-refractivity contribution in [2.45, 2.75) is 41.5 Å². The van der Waals surface area contributed by atoms with E-state index in [-0.39, 0.29) is 0 Å². The van der Waals surface area contributed by atoms with Gasteiger partial charge < -0.3 is 0 Å². The van der Waals surface area contributed by atoms with Crippen molar-refractivity contribution in [1.29, 1.82) is 0 Å². The summed E-state index contributed by atoms with van der Waals surface area (Å²) >= 11 is -0.312. The first-order valence-electron chi connectivity index (χ1n) is 8.78. The normalized spacial score (nSPS) is 11.6. The second-order valence-corrected chi connectivity index (χ2v) is 19.3. The molecule has 0 saturated heterocycles. The predicted molar refractivity (Wildman–Crippen MR) is 114 cm³/mol. The first-order chi connectivity index (χ1) is 11.3. The Hall–Kier alpha value is -0.0713. The molecule has 0 heterocycles. The van der Waals surface area contributed by atoms with Crippen molar-refractivity contribution in [3.8, 4) is 0 Å². The molecule has 2 aromatic carbocycles. The van der Waals surface area contributed by atoms with Crippen LogP contribution in [-0.4, -0.2) is 24.9 Å². The number of unbranched alkanes of at least 4 members (excludes halogenated alkanes) is 2. The number of halogens is 1. The fourth-order valence-electron chi connectivity index (χ4n) is 3.48. The van der Waals surface area contributed by atoms with Crippen LogP contribution in [-0.2, 0) is 0 Å². The van der Waals surface area contributed by atoms with Crippen LogP contribution in [0.25, 0.3) is 0 Å². The van der Waals surface area contributed by atoms with Crippen LogP contribution in [0.1, 0.15) is 32.6 Å². The van der Waals surface area contributed by atoms with Gasteiger partial charge in [0.15, 0.2) is 0 Å². The number of nitrogens with one attached hydrogen (secondary N) is 1. The van der Waals surface area contributed by atoms with Crippen molar-refractivity contribution < 1.29 is 0 Å². The van der Waals surface area contributed by atoms with Crippen LogP contribution in [0.3, 0.4) is 0 Å². The first-order valence-corrected chi connectivity index (χ1v) is 16.7. The molecule has 23 heavy (non-hydrogen) atoms. The van der Waals surface area contributed by atoms with Gasteiger partial charge in [-0.05, 0) is 0 Å². The van der Waals surface area contributed by atoms with E-state index in [0.29, 0.717) is 0 Å². The Morgan fingerprint density at radius 2 is 1.30 bits per heavy atom. The summed E-state index contributed by atoms with van der Waals surface area (Å²) < 4.78 is 9.51. The van der Waals surface area contributed by atoms with Crippen LogP contribution in [0.4, 0.5) is 0 Å². The van der Waals surface area contributed by atoms with Gasteiger partial charge in [-0.25, -0.2) is 0 Å². The average Bonchev–Trinajstić information content (AvgIpc) is 2.63. The summed E-state index contributed by atoms with van der Waals surface area (Å²) in [5.74, 6) is 0. The maximum absolute atomic E-state index is 3.27. The Kier molecular flexibility index (Phi) is 8.98. The van der Waals surface area contributed by atoms with Crippen LogP contribution in [0.15, 0.2) is 60.7 Å². The van der Waals surface area contributed by atoms with Gasteiger partial charge in [-0.2, -0.15) is 0 Å². The zero-order valence-corrected chi connectivity index (χ0v) is 19.1. The summed E-state index contributed by atoms with van der Waals surface area (Å²) in [6, 6.07) is 22.9. The molecule has 3 heteroatoms. The third kappa shape index (κ3) is 5.46. The Morgan fingerprint density at radius 3 is 1.78 bits per heavy atom. The number of benzene rings is 2. The molecule has 1 N–H and O–H groups in total. The predicted octanol–water partition coefficient (Wildman–Crippen LogP) is 4.77. The van der Waals surface area contributed by atoms with Crippen LogP contribution < -0.4 is 10.7 Å². The second-order valence-electron chi connectivity index (χ2n) is 6.26. The van der Waals surface area contributed by atoms with Crippen LogP contribution in [0.5, 0.6) is 0 Å². The first kappa shape index (κ1) is 19.3. The SMILES string of the molecule is CCC[CH2][Sn]([CH2]CCCNI)([c]1ccccc1)[c]1ccccc1. The third-order valence-corrected chi connectivity index (χ3v) is 20.4. The molecule has 0 aliphatic heterocycles. The monoisotopic (exact) mass is 529 g/mol. The number of rotatable bonds is 10. The quantitative estimate of drug-likeness (QED) is 0.203. The zero-order valence-electron chi connectivity index (χ0n) is 14.1. The van der Waals surface area contributed by atoms with Crippen molar-refractivity contribution in [3.05, 3.63) is 60.7 Å². The fraction of sp³-hybridized carbons (Fsp3) is 0.400. The standard InChI is InChI=1S/2C6H5.C4H9IN.C4H9.Sn/c2*1-2-4-6-5-3-1;1-2-3-4-6-5;1-3-4-2;/h2*1-5H;6H,1-4H2;1,3-4H2,2H3;. The van der Waals surface area contributed by atoms with Crippen LogP contribution >= 0.6 is 22.9 Å². The molecule has 0 spiro atoms. The minimum atomic E-state index is -2.57. The van der Waals surface area contributed by atoms with Crippen molar-refractivity contribution in [2.75, 3.05) is 6.54 Å². The molecule has 124 valence electrons. The van der Waals surface area contributed by atoms with Gasteiger partial charge in [0.05, 0.1) is 0 Å². The van der Waals surface area contributed by atoms with Crippen LogP contribution in [0.2, 0.25) is 8.87 Å². The second kappa shape index (κ2) is 10.7. The summed E-state index contributed by atoms with van der Waals surface area (Å²) in [6.45, 7) is 3.45. The summed E-state index contributed by atoms with van der Waals surface area (Å²) in [4.78, 5) is 0. The van der Waals surface area contributed by atoms with Crippen molar-refractivity contribution >= 4 is 48.4 Å². The van der Waals surface area contributed by atoms with E-state index in [1.807, 2.05) is 0 Å². The fourth-order valence-corrected chi connectivity index (χ4v) is 18.7. The van der Waals surface area contributed by atoms with Crippen molar-refractivity contribution in [1.82, 2.24) is 3.53 Å². The molecule has 0 unspecified atom stereocenters.